The first-order valence-corrected chi connectivity index (χ1v) is 16.4. The van der Waals surface area contributed by atoms with Crippen LogP contribution in [0.5, 0.6) is 0 Å². The number of thioether (sulfide) groups is 1. The molecule has 1 aromatic carbocycles. The van der Waals surface area contributed by atoms with Gasteiger partial charge in [-0.3, -0.25) is 9.89 Å². The number of allylic oxidation sites excluding steroid dienone is 6. The molecule has 1 rings (SSSR count). The number of rotatable bonds is 10. The lowest BCUT2D eigenvalue weighted by Gasteiger charge is -2.31. The molecule has 3 atom stereocenters. The van der Waals surface area contributed by atoms with Gasteiger partial charge in [0.2, 0.25) is 0 Å². The van der Waals surface area contributed by atoms with Crippen molar-refractivity contribution in [2.45, 2.75) is 99.6 Å². The molecule has 0 radical (unpaired) electrons. The first-order chi connectivity index (χ1) is 20.0. The minimum Gasteiger partial charge on any atom is -0.478 e. The number of alkyl halides is 1. The molecule has 0 saturated heterocycles. The number of carboxylic acids is 1. The summed E-state index contributed by atoms with van der Waals surface area (Å²) in [5, 5.41) is 10.6. The Morgan fingerprint density at radius 3 is 2.02 bits per heavy atom. The third-order valence-corrected chi connectivity index (χ3v) is 7.19. The lowest BCUT2D eigenvalue weighted by atomic mass is 10.0. The van der Waals surface area contributed by atoms with Crippen LogP contribution >= 0.6 is 35.0 Å². The molecule has 0 aliphatic heterocycles. The zero-order valence-corrected chi connectivity index (χ0v) is 30.6. The molecule has 0 fully saturated rings. The average molecular weight is 642 g/mol. The molecule has 1 aromatic rings. The number of nitrogens with zero attached hydrogens (tertiary/aromatic N) is 2. The SMILES string of the molecule is C/C=C/Cl.C/C=C\C(C)Cl.C=CC(C)C(SC(=NC)N(C(=C)CCC)c1cccc(C(=O)O)c1)/C(C)=C/C.CC.CC. The quantitative estimate of drug-likeness (QED) is 0.120. The van der Waals surface area contributed by atoms with Crippen molar-refractivity contribution in [2.24, 2.45) is 10.9 Å². The second-order valence-electron chi connectivity index (χ2n) is 8.34. The minimum atomic E-state index is -0.950. The lowest BCUT2D eigenvalue weighted by Crippen LogP contribution is -2.31. The van der Waals surface area contributed by atoms with Gasteiger partial charge in [0.05, 0.1) is 5.56 Å². The van der Waals surface area contributed by atoms with Crippen molar-refractivity contribution >= 4 is 51.8 Å². The normalized spacial score (nSPS) is 13.0. The molecule has 0 spiro atoms. The molecule has 0 heterocycles. The van der Waals surface area contributed by atoms with Gasteiger partial charge in [0.15, 0.2) is 5.17 Å². The summed E-state index contributed by atoms with van der Waals surface area (Å²) in [6.45, 7) is 30.3. The van der Waals surface area contributed by atoms with Crippen LogP contribution in [0.4, 0.5) is 5.69 Å². The van der Waals surface area contributed by atoms with E-state index in [2.05, 4.69) is 45.0 Å². The molecule has 0 aliphatic carbocycles. The Labute approximate surface area is 273 Å². The molecule has 1 N–H and O–H groups in total. The number of carboxylic acid groups (broad SMARTS) is 1. The van der Waals surface area contributed by atoms with Crippen LogP contribution in [-0.2, 0) is 0 Å². The van der Waals surface area contributed by atoms with Gasteiger partial charge in [-0.2, -0.15) is 0 Å². The van der Waals surface area contributed by atoms with Crippen LogP contribution in [-0.4, -0.2) is 33.9 Å². The molecule has 240 valence electrons. The number of anilines is 1. The second-order valence-corrected chi connectivity index (χ2v) is 10.4. The Kier molecular flexibility index (Phi) is 35.3. The Balaban J connectivity index is -0.000000431. The van der Waals surface area contributed by atoms with Gasteiger partial charge in [0, 0.05) is 29.1 Å². The standard InChI is InChI=1S/C23H32N2O2S.C5H9Cl.C3H5Cl.2C2H6/c1-8-12-18(6)25(20-14-11-13-19(15-20)22(26)27)23(24-7)28-21(16(4)9-2)17(5)10-3;1-3-4-5(2)6;1-2-3-4;2*1-2/h9-11,13-16,21H,2,6,8,12H2,1,3-5,7H3,(H,26,27);3-5H,1-2H3;2-3H,1H3;2*1-2H3/b17-10+,24-23?;4-3-;3-2+;;. The number of benzene rings is 1. The van der Waals surface area contributed by atoms with E-state index in [9.17, 15) is 9.90 Å². The van der Waals surface area contributed by atoms with E-state index in [1.54, 1.807) is 43.1 Å². The van der Waals surface area contributed by atoms with E-state index in [1.807, 2.05) is 84.6 Å². The second kappa shape index (κ2) is 31.7. The van der Waals surface area contributed by atoms with Gasteiger partial charge in [-0.25, -0.2) is 4.79 Å². The van der Waals surface area contributed by atoms with Crippen molar-refractivity contribution < 1.29 is 9.90 Å². The van der Waals surface area contributed by atoms with E-state index >= 15 is 0 Å². The van der Waals surface area contributed by atoms with Crippen LogP contribution in [0.15, 0.2) is 89.6 Å². The summed E-state index contributed by atoms with van der Waals surface area (Å²) in [5.74, 6) is -0.696. The largest absolute Gasteiger partial charge is 0.478 e. The van der Waals surface area contributed by atoms with E-state index in [0.717, 1.165) is 29.4 Å². The van der Waals surface area contributed by atoms with Crippen molar-refractivity contribution in [3.63, 3.8) is 0 Å². The summed E-state index contributed by atoms with van der Waals surface area (Å²) < 4.78 is 0. The van der Waals surface area contributed by atoms with Crippen LogP contribution in [0, 0.1) is 5.92 Å². The molecular weight excluding hydrogens is 583 g/mol. The van der Waals surface area contributed by atoms with E-state index in [1.165, 1.54) is 11.1 Å². The topological polar surface area (TPSA) is 52.9 Å². The molecule has 0 amide bonds. The summed E-state index contributed by atoms with van der Waals surface area (Å²) in [7, 11) is 1.76. The number of aliphatic imine (C=N–C) groups is 1. The molecule has 3 unspecified atom stereocenters. The maximum atomic E-state index is 11.4. The highest BCUT2D eigenvalue weighted by Gasteiger charge is 2.25. The molecule has 0 saturated carbocycles. The third kappa shape index (κ3) is 21.5. The van der Waals surface area contributed by atoms with Crippen LogP contribution < -0.4 is 4.90 Å². The van der Waals surface area contributed by atoms with Crippen LogP contribution in [0.3, 0.4) is 0 Å². The van der Waals surface area contributed by atoms with Gasteiger partial charge in [0.25, 0.3) is 0 Å². The molecule has 0 bridgehead atoms. The average Bonchev–Trinajstić information content (AvgIpc) is 3.00. The summed E-state index contributed by atoms with van der Waals surface area (Å²) >= 11 is 12.2. The van der Waals surface area contributed by atoms with Crippen molar-refractivity contribution in [1.82, 2.24) is 0 Å². The number of hydrogen-bond acceptors (Lipinski definition) is 3. The first-order valence-electron chi connectivity index (χ1n) is 14.7. The Morgan fingerprint density at radius 2 is 1.69 bits per heavy atom. The molecule has 0 aliphatic rings. The van der Waals surface area contributed by atoms with Crippen molar-refractivity contribution in [3.8, 4) is 0 Å². The van der Waals surface area contributed by atoms with E-state index in [4.69, 9.17) is 23.2 Å². The summed E-state index contributed by atoms with van der Waals surface area (Å²) in [4.78, 5) is 18.0. The summed E-state index contributed by atoms with van der Waals surface area (Å²) in [6, 6.07) is 6.91. The zero-order valence-electron chi connectivity index (χ0n) is 28.2. The van der Waals surface area contributed by atoms with Gasteiger partial charge in [-0.05, 0) is 70.7 Å². The maximum absolute atomic E-state index is 11.4. The van der Waals surface area contributed by atoms with E-state index in [-0.39, 0.29) is 22.1 Å². The zero-order chi connectivity index (χ0) is 33.7. The van der Waals surface area contributed by atoms with Gasteiger partial charge in [-0.1, -0.05) is 120 Å². The predicted octanol–water partition coefficient (Wildman–Crippen LogP) is 12.4. The Bertz CT molecular complexity index is 965. The number of carbonyl (C=O) groups is 1. The molecular formula is C35H58Cl2N2O2S. The first kappa shape index (κ1) is 46.7. The van der Waals surface area contributed by atoms with Crippen molar-refractivity contribution in [1.29, 1.82) is 0 Å². The molecule has 0 aromatic heterocycles. The van der Waals surface area contributed by atoms with Gasteiger partial charge >= 0.3 is 5.97 Å². The fraction of sp³-hybridized carbons (Fsp3) is 0.486. The highest BCUT2D eigenvalue weighted by atomic mass is 35.5. The Hall–Kier alpha value is -2.21. The van der Waals surface area contributed by atoms with Gasteiger partial charge in [-0.15, -0.1) is 18.2 Å². The number of amidine groups is 1. The molecule has 4 nitrogen and oxygen atoms in total. The van der Waals surface area contributed by atoms with Gasteiger partial charge < -0.3 is 5.11 Å². The van der Waals surface area contributed by atoms with Gasteiger partial charge in [0.1, 0.15) is 0 Å². The van der Waals surface area contributed by atoms with Crippen LogP contribution in [0.1, 0.15) is 99.4 Å². The summed E-state index contributed by atoms with van der Waals surface area (Å²) in [5.41, 5.74) is 4.61. The van der Waals surface area contributed by atoms with Crippen molar-refractivity contribution in [2.75, 3.05) is 11.9 Å². The monoisotopic (exact) mass is 640 g/mol. The van der Waals surface area contributed by atoms with Crippen LogP contribution in [0.2, 0.25) is 0 Å². The maximum Gasteiger partial charge on any atom is 0.335 e. The Morgan fingerprint density at radius 1 is 1.14 bits per heavy atom. The third-order valence-electron chi connectivity index (χ3n) is 5.16. The van der Waals surface area contributed by atoms with E-state index in [0.29, 0.717) is 0 Å². The smallest absolute Gasteiger partial charge is 0.335 e. The highest BCUT2D eigenvalue weighted by Crippen LogP contribution is 2.34. The summed E-state index contributed by atoms with van der Waals surface area (Å²) in [6.07, 6.45) is 11.4. The molecule has 42 heavy (non-hydrogen) atoms. The number of hydrogen-bond donors (Lipinski definition) is 1. The fourth-order valence-corrected chi connectivity index (χ4v) is 4.56. The number of aromatic carboxylic acids is 1. The van der Waals surface area contributed by atoms with E-state index < -0.39 is 5.97 Å². The molecule has 7 heteroatoms. The van der Waals surface area contributed by atoms with Crippen LogP contribution in [0.25, 0.3) is 0 Å². The highest BCUT2D eigenvalue weighted by molar-refractivity contribution is 8.14. The minimum absolute atomic E-state index is 0.181. The predicted molar refractivity (Wildman–Crippen MR) is 197 cm³/mol. The van der Waals surface area contributed by atoms with Crippen molar-refractivity contribution in [3.05, 3.63) is 90.2 Å². The number of halogens is 2. The fourth-order valence-electron chi connectivity index (χ4n) is 3.09. The lowest BCUT2D eigenvalue weighted by molar-refractivity contribution is 0.0697.